The predicted octanol–water partition coefficient (Wildman–Crippen LogP) is 5.59. The molecule has 2 aromatic carbocycles. The fourth-order valence-electron chi connectivity index (χ4n) is 4.16. The topological polar surface area (TPSA) is 32.3 Å². The predicted molar refractivity (Wildman–Crippen MR) is 112 cm³/mol. The number of carbonyl (C=O) groups excluding carboxylic acids is 1. The fraction of sp³-hybridized carbons (Fsp3) is 0.227. The number of nitrogens with one attached hydrogen (secondary N) is 1. The van der Waals surface area contributed by atoms with E-state index in [9.17, 15) is 13.6 Å². The summed E-state index contributed by atoms with van der Waals surface area (Å²) >= 11 is 7.85. The van der Waals surface area contributed by atoms with Gasteiger partial charge < -0.3 is 10.2 Å². The number of thiophene rings is 1. The maximum absolute atomic E-state index is 13.6. The van der Waals surface area contributed by atoms with Crippen molar-refractivity contribution in [2.75, 3.05) is 13.1 Å². The summed E-state index contributed by atoms with van der Waals surface area (Å²) in [7, 11) is 0. The van der Waals surface area contributed by atoms with Gasteiger partial charge in [0, 0.05) is 28.9 Å². The number of nitrogens with zero attached hydrogens (tertiary/aromatic N) is 1. The summed E-state index contributed by atoms with van der Waals surface area (Å²) in [5.74, 6) is -1.84. The molecule has 1 aromatic heterocycles. The van der Waals surface area contributed by atoms with E-state index in [0.717, 1.165) is 40.3 Å². The molecule has 0 atom stereocenters. The van der Waals surface area contributed by atoms with Crippen LogP contribution in [0.2, 0.25) is 5.02 Å². The Morgan fingerprint density at radius 1 is 1.14 bits per heavy atom. The molecule has 0 saturated carbocycles. The zero-order chi connectivity index (χ0) is 20.3. The summed E-state index contributed by atoms with van der Waals surface area (Å²) in [6, 6.07) is 9.28. The van der Waals surface area contributed by atoms with Crippen molar-refractivity contribution >= 4 is 38.9 Å². The van der Waals surface area contributed by atoms with E-state index in [2.05, 4.69) is 11.9 Å². The molecule has 2 saturated heterocycles. The molecule has 3 aromatic rings. The Kier molecular flexibility index (Phi) is 4.19. The number of fused-ring (bicyclic) bond motifs is 1. The third kappa shape index (κ3) is 3.02. The van der Waals surface area contributed by atoms with E-state index < -0.39 is 11.6 Å². The highest BCUT2D eigenvalue weighted by atomic mass is 35.5. The average Bonchev–Trinajstić information content (AvgIpc) is 3.22. The molecule has 1 spiro atoms. The third-order valence-electron chi connectivity index (χ3n) is 5.70. The zero-order valence-electron chi connectivity index (χ0n) is 15.4. The molecule has 1 amide bonds. The first-order valence-corrected chi connectivity index (χ1v) is 10.5. The van der Waals surface area contributed by atoms with Crippen LogP contribution < -0.4 is 5.32 Å². The summed E-state index contributed by atoms with van der Waals surface area (Å²) < 4.78 is 27.6. The lowest BCUT2D eigenvalue weighted by Gasteiger charge is -2.48. The first-order chi connectivity index (χ1) is 13.8. The van der Waals surface area contributed by atoms with Gasteiger partial charge >= 0.3 is 0 Å². The van der Waals surface area contributed by atoms with E-state index in [1.54, 1.807) is 11.0 Å². The lowest BCUT2D eigenvalue weighted by atomic mass is 9.88. The van der Waals surface area contributed by atoms with Crippen LogP contribution in [0.3, 0.4) is 0 Å². The van der Waals surface area contributed by atoms with Gasteiger partial charge in [0.1, 0.15) is 4.88 Å². The molecule has 1 N–H and O–H groups in total. The molecule has 3 nitrogen and oxygen atoms in total. The molecule has 2 aliphatic rings. The highest BCUT2D eigenvalue weighted by Gasteiger charge is 2.48. The largest absolute Gasteiger partial charge is 0.380 e. The Morgan fingerprint density at radius 2 is 1.86 bits per heavy atom. The van der Waals surface area contributed by atoms with Crippen LogP contribution in [0.1, 0.15) is 22.5 Å². The van der Waals surface area contributed by atoms with E-state index in [-0.39, 0.29) is 11.4 Å². The van der Waals surface area contributed by atoms with Crippen LogP contribution in [0.25, 0.3) is 21.2 Å². The van der Waals surface area contributed by atoms with Gasteiger partial charge in [0.25, 0.3) is 5.91 Å². The monoisotopic (exact) mass is 430 g/mol. The zero-order valence-corrected chi connectivity index (χ0v) is 17.0. The van der Waals surface area contributed by atoms with Crippen LogP contribution in [0.15, 0.2) is 48.7 Å². The lowest BCUT2D eigenvalue weighted by Crippen LogP contribution is -2.67. The number of hydrogen-bond acceptors (Lipinski definition) is 3. The highest BCUT2D eigenvalue weighted by Crippen LogP contribution is 2.41. The summed E-state index contributed by atoms with van der Waals surface area (Å²) in [5.41, 5.74) is 2.31. The number of allylic oxidation sites excluding steroid dienone is 1. The summed E-state index contributed by atoms with van der Waals surface area (Å²) in [6.07, 6.45) is 1.94. The molecule has 0 unspecified atom stereocenters. The van der Waals surface area contributed by atoms with Crippen molar-refractivity contribution < 1.29 is 13.6 Å². The van der Waals surface area contributed by atoms with Crippen molar-refractivity contribution in [3.63, 3.8) is 0 Å². The van der Waals surface area contributed by atoms with E-state index in [1.807, 2.05) is 12.1 Å². The van der Waals surface area contributed by atoms with Crippen molar-refractivity contribution in [2.24, 2.45) is 0 Å². The fourth-order valence-corrected chi connectivity index (χ4v) is 5.68. The maximum atomic E-state index is 13.6. The van der Waals surface area contributed by atoms with Gasteiger partial charge in [-0.2, -0.15) is 0 Å². The second-order valence-electron chi connectivity index (χ2n) is 7.76. The van der Waals surface area contributed by atoms with Gasteiger partial charge in [0.15, 0.2) is 11.6 Å². The Labute approximate surface area is 175 Å². The molecular formula is C22H17ClF2N2OS. The Balaban J connectivity index is 1.43. The number of likely N-dealkylation sites (tertiary alicyclic amines) is 1. The molecule has 0 bridgehead atoms. The van der Waals surface area contributed by atoms with Gasteiger partial charge in [-0.05, 0) is 42.2 Å². The number of amides is 1. The summed E-state index contributed by atoms with van der Waals surface area (Å²) in [5, 5.41) is 4.63. The summed E-state index contributed by atoms with van der Waals surface area (Å²) in [4.78, 5) is 15.3. The Bertz CT molecular complexity index is 1180. The van der Waals surface area contributed by atoms with Crippen molar-refractivity contribution in [3.8, 4) is 11.1 Å². The van der Waals surface area contributed by atoms with Crippen LogP contribution in [-0.4, -0.2) is 29.4 Å². The summed E-state index contributed by atoms with van der Waals surface area (Å²) in [6.45, 7) is 5.26. The first kappa shape index (κ1) is 18.6. The number of carbonyl (C=O) groups is 1. The van der Waals surface area contributed by atoms with Crippen LogP contribution in [0.5, 0.6) is 0 Å². The SMILES string of the molecule is C=C1CCC2(CN(C(=O)c3sc4cc(-c5ccc(F)c(F)c5)ccc4c3Cl)C2)N1. The minimum absolute atomic E-state index is 0.0320. The van der Waals surface area contributed by atoms with Gasteiger partial charge in [-0.3, -0.25) is 4.79 Å². The highest BCUT2D eigenvalue weighted by molar-refractivity contribution is 7.21. The van der Waals surface area contributed by atoms with Crippen LogP contribution in [0.4, 0.5) is 8.78 Å². The molecule has 2 fully saturated rings. The standard InChI is InChI=1S/C22H17ClF2N2OS/c1-12-6-7-22(26-12)10-27(11-22)21(28)20-19(23)15-4-2-14(9-18(15)29-20)13-3-5-16(24)17(25)8-13/h2-5,8-9,26H,1,6-7,10-11H2. The Morgan fingerprint density at radius 3 is 2.55 bits per heavy atom. The van der Waals surface area contributed by atoms with E-state index in [1.165, 1.54) is 23.5 Å². The molecule has 148 valence electrons. The first-order valence-electron chi connectivity index (χ1n) is 9.28. The molecule has 5 rings (SSSR count). The quantitative estimate of drug-likeness (QED) is 0.574. The van der Waals surface area contributed by atoms with Crippen molar-refractivity contribution in [3.05, 3.63) is 70.2 Å². The average molecular weight is 431 g/mol. The van der Waals surface area contributed by atoms with Crippen LogP contribution in [-0.2, 0) is 0 Å². The third-order valence-corrected chi connectivity index (χ3v) is 7.34. The van der Waals surface area contributed by atoms with Gasteiger partial charge in [-0.15, -0.1) is 11.3 Å². The van der Waals surface area contributed by atoms with Gasteiger partial charge in [0.05, 0.1) is 10.6 Å². The maximum Gasteiger partial charge on any atom is 0.265 e. The van der Waals surface area contributed by atoms with Gasteiger partial charge in [-0.1, -0.05) is 36.4 Å². The molecule has 0 aliphatic carbocycles. The number of rotatable bonds is 2. The van der Waals surface area contributed by atoms with Crippen LogP contribution in [0, 0.1) is 11.6 Å². The normalized spacial score (nSPS) is 17.6. The minimum atomic E-state index is -0.891. The lowest BCUT2D eigenvalue weighted by molar-refractivity contribution is 0.0367. The second kappa shape index (κ2) is 6.54. The van der Waals surface area contributed by atoms with E-state index in [4.69, 9.17) is 11.6 Å². The van der Waals surface area contributed by atoms with Crippen molar-refractivity contribution in [1.82, 2.24) is 10.2 Å². The molecular weight excluding hydrogens is 414 g/mol. The van der Waals surface area contributed by atoms with Crippen molar-refractivity contribution in [2.45, 2.75) is 18.4 Å². The Hall–Kier alpha value is -2.44. The number of hydrogen-bond donors (Lipinski definition) is 1. The van der Waals surface area contributed by atoms with E-state index in [0.29, 0.717) is 28.6 Å². The van der Waals surface area contributed by atoms with E-state index >= 15 is 0 Å². The van der Waals surface area contributed by atoms with Gasteiger partial charge in [-0.25, -0.2) is 8.78 Å². The molecule has 29 heavy (non-hydrogen) atoms. The molecule has 0 radical (unpaired) electrons. The number of benzene rings is 2. The van der Waals surface area contributed by atoms with Crippen molar-refractivity contribution in [1.29, 1.82) is 0 Å². The van der Waals surface area contributed by atoms with Crippen LogP contribution >= 0.6 is 22.9 Å². The minimum Gasteiger partial charge on any atom is -0.380 e. The van der Waals surface area contributed by atoms with Gasteiger partial charge in [0.2, 0.25) is 0 Å². The number of halogens is 3. The molecule has 7 heteroatoms. The molecule has 3 heterocycles. The smallest absolute Gasteiger partial charge is 0.265 e. The molecule has 2 aliphatic heterocycles. The second-order valence-corrected chi connectivity index (χ2v) is 9.19.